The number of rotatable bonds is 5. The fraction of sp³-hybridized carbons (Fsp3) is 0.200. The highest BCUT2D eigenvalue weighted by atomic mass is 16.5. The Morgan fingerprint density at radius 1 is 1.32 bits per heavy atom. The van der Waals surface area contributed by atoms with Crippen molar-refractivity contribution >= 4 is 18.8 Å². The molecule has 0 spiro atoms. The monoisotopic (exact) mass is 297 g/mol. The topological polar surface area (TPSA) is 89.6 Å². The SMILES string of the molecule is CN(C)c1nc(Oc2ccc(BO)c(CO)c2)ccc1C#N. The van der Waals surface area contributed by atoms with Gasteiger partial charge >= 0.3 is 7.48 Å². The minimum atomic E-state index is -0.184. The summed E-state index contributed by atoms with van der Waals surface area (Å²) in [4.78, 5) is 6.04. The van der Waals surface area contributed by atoms with Gasteiger partial charge in [0.15, 0.2) is 0 Å². The number of anilines is 1. The predicted octanol–water partition coefficient (Wildman–Crippen LogP) is 0.273. The van der Waals surface area contributed by atoms with E-state index in [1.165, 1.54) is 0 Å². The molecule has 0 saturated carbocycles. The third kappa shape index (κ3) is 3.36. The van der Waals surface area contributed by atoms with Crippen LogP contribution in [0.1, 0.15) is 11.1 Å². The highest BCUT2D eigenvalue weighted by Crippen LogP contribution is 2.24. The lowest BCUT2D eigenvalue weighted by molar-refractivity contribution is 0.282. The lowest BCUT2D eigenvalue weighted by atomic mass is 9.84. The van der Waals surface area contributed by atoms with Crippen LogP contribution in [0.3, 0.4) is 0 Å². The second-order valence-corrected chi connectivity index (χ2v) is 4.88. The van der Waals surface area contributed by atoms with E-state index in [4.69, 9.17) is 10.00 Å². The Morgan fingerprint density at radius 3 is 2.68 bits per heavy atom. The minimum absolute atomic E-state index is 0.143. The second kappa shape index (κ2) is 6.94. The van der Waals surface area contributed by atoms with Gasteiger partial charge in [-0.3, -0.25) is 0 Å². The molecule has 0 aliphatic carbocycles. The molecule has 2 aromatic rings. The molecule has 0 fully saturated rings. The molecular formula is C15H16BN3O3. The van der Waals surface area contributed by atoms with Crippen LogP contribution in [0, 0.1) is 11.3 Å². The molecule has 2 rings (SSSR count). The van der Waals surface area contributed by atoms with Crippen molar-refractivity contribution in [3.8, 4) is 17.7 Å². The molecular weight excluding hydrogens is 281 g/mol. The molecule has 2 N–H and O–H groups in total. The van der Waals surface area contributed by atoms with Crippen LogP contribution in [-0.4, -0.2) is 36.7 Å². The van der Waals surface area contributed by atoms with Crippen molar-refractivity contribution in [1.29, 1.82) is 5.26 Å². The normalized spacial score (nSPS) is 9.95. The third-order valence-corrected chi connectivity index (χ3v) is 3.13. The van der Waals surface area contributed by atoms with Gasteiger partial charge in [-0.25, -0.2) is 0 Å². The fourth-order valence-corrected chi connectivity index (χ4v) is 2.00. The van der Waals surface area contributed by atoms with Gasteiger partial charge in [-0.15, -0.1) is 0 Å². The Bertz CT molecular complexity index is 714. The molecule has 1 aromatic carbocycles. The Hall–Kier alpha value is -2.56. The first-order chi connectivity index (χ1) is 10.6. The lowest BCUT2D eigenvalue weighted by Gasteiger charge is -2.14. The number of hydrogen-bond acceptors (Lipinski definition) is 6. The Morgan fingerprint density at radius 2 is 2.09 bits per heavy atom. The first-order valence-corrected chi connectivity index (χ1v) is 6.69. The molecule has 112 valence electrons. The summed E-state index contributed by atoms with van der Waals surface area (Å²) in [7, 11) is 3.45. The lowest BCUT2D eigenvalue weighted by Crippen LogP contribution is -2.18. The van der Waals surface area contributed by atoms with E-state index in [1.807, 2.05) is 0 Å². The van der Waals surface area contributed by atoms with Crippen LogP contribution in [0.4, 0.5) is 5.82 Å². The number of aliphatic hydroxyl groups excluding tert-OH is 1. The summed E-state index contributed by atoms with van der Waals surface area (Å²) in [5.74, 6) is 1.38. The van der Waals surface area contributed by atoms with Crippen LogP contribution < -0.4 is 15.1 Å². The van der Waals surface area contributed by atoms with Crippen LogP contribution in [0.5, 0.6) is 11.6 Å². The Kier molecular flexibility index (Phi) is 4.99. The maximum absolute atomic E-state index is 9.30. The predicted molar refractivity (Wildman–Crippen MR) is 84.7 cm³/mol. The van der Waals surface area contributed by atoms with Crippen LogP contribution in [0.25, 0.3) is 0 Å². The van der Waals surface area contributed by atoms with Crippen molar-refractivity contribution in [3.63, 3.8) is 0 Å². The smallest absolute Gasteiger partial charge is 0.305 e. The molecule has 0 bridgehead atoms. The van der Waals surface area contributed by atoms with E-state index in [9.17, 15) is 10.1 Å². The quantitative estimate of drug-likeness (QED) is 0.770. The van der Waals surface area contributed by atoms with Gasteiger partial charge in [0.2, 0.25) is 5.88 Å². The maximum Gasteiger partial charge on any atom is 0.305 e. The molecule has 0 radical (unpaired) electrons. The molecule has 22 heavy (non-hydrogen) atoms. The van der Waals surface area contributed by atoms with Gasteiger partial charge in [0, 0.05) is 20.2 Å². The van der Waals surface area contributed by atoms with Gasteiger partial charge in [0.05, 0.1) is 12.2 Å². The minimum Gasteiger partial charge on any atom is -0.449 e. The highest BCUT2D eigenvalue weighted by molar-refractivity contribution is 6.46. The van der Waals surface area contributed by atoms with E-state index in [-0.39, 0.29) is 14.1 Å². The summed E-state index contributed by atoms with van der Waals surface area (Å²) < 4.78 is 5.67. The first kappa shape index (κ1) is 15.8. The molecule has 0 saturated heterocycles. The molecule has 7 heteroatoms. The molecule has 1 heterocycles. The molecule has 0 aliphatic rings. The van der Waals surface area contributed by atoms with Gasteiger partial charge < -0.3 is 19.8 Å². The van der Waals surface area contributed by atoms with Crippen LogP contribution in [0.2, 0.25) is 0 Å². The number of aliphatic hydroxyl groups is 1. The van der Waals surface area contributed by atoms with Crippen molar-refractivity contribution in [2.24, 2.45) is 0 Å². The summed E-state index contributed by atoms with van der Waals surface area (Å²) in [6.07, 6.45) is 0. The van der Waals surface area contributed by atoms with Gasteiger partial charge in [-0.2, -0.15) is 10.2 Å². The van der Waals surface area contributed by atoms with Crippen LogP contribution in [0.15, 0.2) is 30.3 Å². The number of nitrogens with zero attached hydrogens (tertiary/aromatic N) is 3. The summed E-state index contributed by atoms with van der Waals surface area (Å²) in [5.41, 5.74) is 1.71. The number of nitriles is 1. The number of aromatic nitrogens is 1. The number of benzene rings is 1. The molecule has 6 nitrogen and oxygen atoms in total. The van der Waals surface area contributed by atoms with E-state index in [0.29, 0.717) is 34.0 Å². The van der Waals surface area contributed by atoms with Gasteiger partial charge in [-0.1, -0.05) is 6.07 Å². The Labute approximate surface area is 129 Å². The van der Waals surface area contributed by atoms with E-state index < -0.39 is 0 Å². The van der Waals surface area contributed by atoms with Crippen molar-refractivity contribution in [3.05, 3.63) is 41.5 Å². The summed E-state index contributed by atoms with van der Waals surface area (Å²) in [6, 6.07) is 10.4. The highest BCUT2D eigenvalue weighted by Gasteiger charge is 2.10. The van der Waals surface area contributed by atoms with Crippen molar-refractivity contribution in [2.75, 3.05) is 19.0 Å². The number of pyridine rings is 1. The summed E-state index contributed by atoms with van der Waals surface area (Å²) >= 11 is 0. The number of ether oxygens (including phenoxy) is 1. The number of hydrogen-bond donors (Lipinski definition) is 2. The third-order valence-electron chi connectivity index (χ3n) is 3.13. The fourth-order valence-electron chi connectivity index (χ4n) is 2.00. The van der Waals surface area contributed by atoms with Crippen molar-refractivity contribution < 1.29 is 14.9 Å². The average molecular weight is 297 g/mol. The standard InChI is InChI=1S/C15H16BN3O3/c1-19(2)15-10(8-17)3-6-14(18-15)22-12-4-5-13(16-21)11(7-12)9-20/h3-7,16,20-21H,9H2,1-2H3. The van der Waals surface area contributed by atoms with Gasteiger partial charge in [-0.05, 0) is 29.2 Å². The molecule has 0 unspecified atom stereocenters. The largest absolute Gasteiger partial charge is 0.449 e. The second-order valence-electron chi connectivity index (χ2n) is 4.88. The van der Waals surface area contributed by atoms with Crippen LogP contribution in [-0.2, 0) is 6.61 Å². The maximum atomic E-state index is 9.30. The summed E-state index contributed by atoms with van der Waals surface area (Å²) in [5, 5.41) is 27.6. The van der Waals surface area contributed by atoms with Crippen molar-refractivity contribution in [2.45, 2.75) is 6.61 Å². The molecule has 1 aromatic heterocycles. The Balaban J connectivity index is 2.31. The first-order valence-electron chi connectivity index (χ1n) is 6.69. The van der Waals surface area contributed by atoms with E-state index in [0.717, 1.165) is 0 Å². The average Bonchev–Trinajstić information content (AvgIpc) is 2.54. The zero-order chi connectivity index (χ0) is 16.1. The van der Waals surface area contributed by atoms with E-state index in [1.54, 1.807) is 49.3 Å². The summed E-state index contributed by atoms with van der Waals surface area (Å²) in [6.45, 7) is -0.184. The van der Waals surface area contributed by atoms with Gasteiger partial charge in [0.25, 0.3) is 0 Å². The van der Waals surface area contributed by atoms with E-state index >= 15 is 0 Å². The zero-order valence-corrected chi connectivity index (χ0v) is 12.4. The molecule has 0 aliphatic heterocycles. The molecule has 0 atom stereocenters. The molecule has 0 amide bonds. The van der Waals surface area contributed by atoms with E-state index in [2.05, 4.69) is 11.1 Å². The van der Waals surface area contributed by atoms with Gasteiger partial charge in [0.1, 0.15) is 17.6 Å². The zero-order valence-electron chi connectivity index (χ0n) is 12.4. The van der Waals surface area contributed by atoms with Crippen molar-refractivity contribution in [1.82, 2.24) is 4.98 Å². The van der Waals surface area contributed by atoms with Crippen LogP contribution >= 0.6 is 0 Å².